The number of imidazole rings is 1. The fraction of sp³-hybridized carbons (Fsp3) is 0.152. The molecule has 0 amide bonds. The van der Waals surface area contributed by atoms with E-state index in [0.717, 1.165) is 62.1 Å². The first kappa shape index (κ1) is 26.0. The van der Waals surface area contributed by atoms with Gasteiger partial charge in [0.1, 0.15) is 5.75 Å². The number of aromatic amines is 1. The number of ether oxygens (including phenoxy) is 1. The Hall–Kier alpha value is -5.24. The molecule has 0 spiro atoms. The number of hydrogen-bond acceptors (Lipinski definition) is 6. The predicted molar refractivity (Wildman–Crippen MR) is 162 cm³/mol. The van der Waals surface area contributed by atoms with E-state index in [1.165, 1.54) is 0 Å². The molecule has 0 saturated carbocycles. The van der Waals surface area contributed by atoms with Crippen molar-refractivity contribution in [3.05, 3.63) is 107 Å². The Morgan fingerprint density at radius 1 is 0.976 bits per heavy atom. The third-order valence-corrected chi connectivity index (χ3v) is 7.24. The van der Waals surface area contributed by atoms with Gasteiger partial charge in [-0.1, -0.05) is 42.5 Å². The summed E-state index contributed by atoms with van der Waals surface area (Å²) in [4.78, 5) is 30.0. The minimum absolute atomic E-state index is 0.0371. The van der Waals surface area contributed by atoms with E-state index in [4.69, 9.17) is 14.7 Å². The number of rotatable bonds is 8. The number of hydrogen-bond donors (Lipinski definition) is 2. The summed E-state index contributed by atoms with van der Waals surface area (Å²) in [6.07, 6.45) is 1.73. The number of carbonyl (C=O) groups is 1. The lowest BCUT2D eigenvalue weighted by molar-refractivity contribution is 0.101. The molecule has 41 heavy (non-hydrogen) atoms. The number of anilines is 2. The summed E-state index contributed by atoms with van der Waals surface area (Å²) in [5, 5.41) is 3.37. The third kappa shape index (κ3) is 4.96. The highest BCUT2D eigenvalue weighted by molar-refractivity contribution is 5.98. The average Bonchev–Trinajstić information content (AvgIpc) is 3.48. The van der Waals surface area contributed by atoms with E-state index < -0.39 is 0 Å². The Kier molecular flexibility index (Phi) is 6.81. The van der Waals surface area contributed by atoms with Crippen molar-refractivity contribution in [3.63, 3.8) is 0 Å². The van der Waals surface area contributed by atoms with Gasteiger partial charge in [0.2, 0.25) is 5.95 Å². The highest BCUT2D eigenvalue weighted by Gasteiger charge is 2.22. The first-order valence-corrected chi connectivity index (χ1v) is 13.4. The van der Waals surface area contributed by atoms with E-state index in [1.54, 1.807) is 20.2 Å². The maximum Gasteiger partial charge on any atom is 0.227 e. The zero-order valence-corrected chi connectivity index (χ0v) is 23.4. The molecule has 0 aliphatic rings. The van der Waals surface area contributed by atoms with Gasteiger partial charge in [0, 0.05) is 35.2 Å². The van der Waals surface area contributed by atoms with Crippen molar-refractivity contribution in [1.82, 2.24) is 24.5 Å². The zero-order chi connectivity index (χ0) is 28.5. The molecule has 0 fully saturated rings. The van der Waals surface area contributed by atoms with Crippen molar-refractivity contribution >= 4 is 28.5 Å². The number of H-pyrrole nitrogens is 1. The second kappa shape index (κ2) is 10.7. The minimum atomic E-state index is 0.0371. The molecular formula is C33H30N6O2. The molecule has 0 unspecified atom stereocenters. The highest BCUT2D eigenvalue weighted by Crippen LogP contribution is 2.33. The second-order valence-electron chi connectivity index (χ2n) is 9.98. The van der Waals surface area contributed by atoms with Crippen molar-refractivity contribution in [2.24, 2.45) is 0 Å². The van der Waals surface area contributed by atoms with Gasteiger partial charge in [-0.2, -0.15) is 0 Å². The van der Waals surface area contributed by atoms with Gasteiger partial charge in [-0.3, -0.25) is 4.79 Å². The quantitative estimate of drug-likeness (QED) is 0.199. The van der Waals surface area contributed by atoms with Gasteiger partial charge < -0.3 is 19.6 Å². The van der Waals surface area contributed by atoms with E-state index in [1.807, 2.05) is 74.5 Å². The summed E-state index contributed by atoms with van der Waals surface area (Å²) in [5.41, 5.74) is 8.74. The molecule has 0 saturated heterocycles. The lowest BCUT2D eigenvalue weighted by Gasteiger charge is -2.11. The molecule has 8 nitrogen and oxygen atoms in total. The molecule has 0 radical (unpaired) electrons. The highest BCUT2D eigenvalue weighted by atomic mass is 16.5. The Morgan fingerprint density at radius 2 is 1.76 bits per heavy atom. The van der Waals surface area contributed by atoms with Crippen LogP contribution in [0.2, 0.25) is 0 Å². The number of benzene rings is 3. The number of Topliss-reactive ketones (excluding diaryl/α,β-unsaturated/α-hetero) is 1. The van der Waals surface area contributed by atoms with Crippen LogP contribution < -0.4 is 10.1 Å². The monoisotopic (exact) mass is 542 g/mol. The summed E-state index contributed by atoms with van der Waals surface area (Å²) < 4.78 is 7.71. The van der Waals surface area contributed by atoms with Crippen molar-refractivity contribution in [2.75, 3.05) is 12.4 Å². The van der Waals surface area contributed by atoms with Crippen LogP contribution in [0.25, 0.3) is 33.8 Å². The number of nitrogens with zero attached hydrogens (tertiary/aromatic N) is 4. The number of para-hydroxylation sites is 1. The predicted octanol–water partition coefficient (Wildman–Crippen LogP) is 7.11. The number of nitrogens with one attached hydrogen (secondary N) is 2. The van der Waals surface area contributed by atoms with E-state index >= 15 is 0 Å². The van der Waals surface area contributed by atoms with E-state index in [2.05, 4.69) is 38.1 Å². The summed E-state index contributed by atoms with van der Waals surface area (Å²) in [6.45, 7) is 6.12. The molecule has 2 N–H and O–H groups in total. The topological polar surface area (TPSA) is 97.7 Å². The lowest BCUT2D eigenvalue weighted by atomic mass is 10.1. The molecular weight excluding hydrogens is 512 g/mol. The summed E-state index contributed by atoms with van der Waals surface area (Å²) in [6, 6.07) is 25.9. The lowest BCUT2D eigenvalue weighted by Crippen LogP contribution is -2.04. The molecule has 204 valence electrons. The second-order valence-corrected chi connectivity index (χ2v) is 9.98. The first-order chi connectivity index (χ1) is 19.9. The molecule has 0 bridgehead atoms. The van der Waals surface area contributed by atoms with Crippen molar-refractivity contribution in [3.8, 4) is 28.5 Å². The van der Waals surface area contributed by atoms with Gasteiger partial charge in [-0.15, -0.1) is 0 Å². The number of fused-ring (bicyclic) bond motifs is 1. The van der Waals surface area contributed by atoms with Gasteiger partial charge in [0.05, 0.1) is 29.5 Å². The molecule has 0 aliphatic heterocycles. The van der Waals surface area contributed by atoms with Crippen molar-refractivity contribution < 1.29 is 9.53 Å². The Labute approximate surface area is 238 Å². The van der Waals surface area contributed by atoms with Crippen LogP contribution in [-0.4, -0.2) is 37.4 Å². The SMILES string of the molecule is COc1ccccc1-c1ccnc(Nc2ccc3nc(-c4[nH]c(C)c(C(C)=O)c4C)n(Cc4ccccc4)c3c2)n1. The summed E-state index contributed by atoms with van der Waals surface area (Å²) >= 11 is 0. The number of aryl methyl sites for hydroxylation is 1. The Morgan fingerprint density at radius 3 is 2.51 bits per heavy atom. The molecule has 6 aromatic rings. The van der Waals surface area contributed by atoms with E-state index in [-0.39, 0.29) is 5.78 Å². The van der Waals surface area contributed by atoms with Gasteiger partial charge in [0.25, 0.3) is 0 Å². The van der Waals surface area contributed by atoms with Gasteiger partial charge in [-0.25, -0.2) is 15.0 Å². The standard InChI is InChI=1S/C33H30N6O2/c1-20-30(22(3)40)21(2)35-31(20)32-37-27-15-14-24(18-28(27)39(32)19-23-10-6-5-7-11-23)36-33-34-17-16-26(38-33)25-12-8-9-13-29(25)41-4/h5-18,35H,19H2,1-4H3,(H,34,36,38). The molecule has 0 atom stereocenters. The summed E-state index contributed by atoms with van der Waals surface area (Å²) in [5.74, 6) is 2.04. The fourth-order valence-electron chi connectivity index (χ4n) is 5.37. The van der Waals surface area contributed by atoms with Crippen LogP contribution in [0.5, 0.6) is 5.75 Å². The molecule has 3 aromatic heterocycles. The van der Waals surface area contributed by atoms with E-state index in [9.17, 15) is 4.79 Å². The van der Waals surface area contributed by atoms with Crippen molar-refractivity contribution in [1.29, 1.82) is 0 Å². The first-order valence-electron chi connectivity index (χ1n) is 13.4. The van der Waals surface area contributed by atoms with Gasteiger partial charge >= 0.3 is 0 Å². The summed E-state index contributed by atoms with van der Waals surface area (Å²) in [7, 11) is 1.65. The molecule has 0 aliphatic carbocycles. The van der Waals surface area contributed by atoms with Crippen LogP contribution in [0.3, 0.4) is 0 Å². The Balaban J connectivity index is 1.43. The average molecular weight is 543 g/mol. The largest absolute Gasteiger partial charge is 0.496 e. The maximum absolute atomic E-state index is 12.4. The zero-order valence-electron chi connectivity index (χ0n) is 23.4. The number of carbonyl (C=O) groups excluding carboxylic acids is 1. The number of aromatic nitrogens is 5. The van der Waals surface area contributed by atoms with Crippen LogP contribution >= 0.6 is 0 Å². The Bertz CT molecular complexity index is 1890. The van der Waals surface area contributed by atoms with Gasteiger partial charge in [0.15, 0.2) is 11.6 Å². The minimum Gasteiger partial charge on any atom is -0.496 e. The van der Waals surface area contributed by atoms with E-state index in [0.29, 0.717) is 18.1 Å². The van der Waals surface area contributed by atoms with Crippen LogP contribution in [0.1, 0.15) is 34.1 Å². The van der Waals surface area contributed by atoms with Gasteiger partial charge in [-0.05, 0) is 68.3 Å². The third-order valence-electron chi connectivity index (χ3n) is 7.24. The number of methoxy groups -OCH3 is 1. The fourth-order valence-corrected chi connectivity index (χ4v) is 5.37. The number of ketones is 1. The van der Waals surface area contributed by atoms with Crippen LogP contribution in [0, 0.1) is 13.8 Å². The van der Waals surface area contributed by atoms with Crippen LogP contribution in [-0.2, 0) is 6.54 Å². The smallest absolute Gasteiger partial charge is 0.227 e. The maximum atomic E-state index is 12.4. The normalized spacial score (nSPS) is 11.1. The van der Waals surface area contributed by atoms with Crippen molar-refractivity contribution in [2.45, 2.75) is 27.3 Å². The van der Waals surface area contributed by atoms with Crippen LogP contribution in [0.15, 0.2) is 85.1 Å². The molecule has 3 heterocycles. The molecule has 6 rings (SSSR count). The molecule has 8 heteroatoms. The molecule has 3 aromatic carbocycles. The van der Waals surface area contributed by atoms with Crippen LogP contribution in [0.4, 0.5) is 11.6 Å².